The summed E-state index contributed by atoms with van der Waals surface area (Å²) in [7, 11) is 0. The van der Waals surface area contributed by atoms with Crippen LogP contribution in [0.2, 0.25) is 0 Å². The number of unbranched alkanes of at least 4 members (excludes halogenated alkanes) is 43. The number of allylic oxidation sites excluding steroid dienone is 7. The maximum Gasteiger partial charge on any atom is 0.220 e. The molecule has 0 radical (unpaired) electrons. The quantitative estimate of drug-likeness (QED) is 0.0420. The molecule has 0 aliphatic rings. The van der Waals surface area contributed by atoms with Crippen LogP contribution in [0.4, 0.5) is 0 Å². The summed E-state index contributed by atoms with van der Waals surface area (Å²) < 4.78 is 0. The molecule has 0 aromatic heterocycles. The number of nitrogens with one attached hydrogen (secondary N) is 1. The number of amides is 1. The van der Waals surface area contributed by atoms with Crippen LogP contribution in [-0.2, 0) is 4.79 Å². The molecule has 0 spiro atoms. The van der Waals surface area contributed by atoms with Gasteiger partial charge in [-0.3, -0.25) is 4.79 Å². The Bertz CT molecular complexity index is 1060. The molecule has 0 saturated heterocycles. The van der Waals surface area contributed by atoms with E-state index in [9.17, 15) is 15.0 Å². The fourth-order valence-electron chi connectivity index (χ4n) is 9.42. The molecule has 0 rings (SSSR count). The van der Waals surface area contributed by atoms with E-state index in [-0.39, 0.29) is 12.5 Å². The Labute approximate surface area is 420 Å². The highest BCUT2D eigenvalue weighted by molar-refractivity contribution is 5.76. The fraction of sp³-hybridized carbons (Fsp3) is 0.857. The monoisotopic (exact) mass is 938 g/mol. The highest BCUT2D eigenvalue weighted by Crippen LogP contribution is 2.18. The summed E-state index contributed by atoms with van der Waals surface area (Å²) in [5.41, 5.74) is 0. The van der Waals surface area contributed by atoms with E-state index in [4.69, 9.17) is 0 Å². The molecule has 3 N–H and O–H groups in total. The molecule has 0 heterocycles. The molecule has 0 aromatic carbocycles. The van der Waals surface area contributed by atoms with Crippen molar-refractivity contribution in [2.45, 2.75) is 341 Å². The van der Waals surface area contributed by atoms with Crippen molar-refractivity contribution in [1.29, 1.82) is 0 Å². The van der Waals surface area contributed by atoms with E-state index in [2.05, 4.69) is 55.6 Å². The summed E-state index contributed by atoms with van der Waals surface area (Å²) in [6, 6.07) is -0.626. The van der Waals surface area contributed by atoms with E-state index in [0.29, 0.717) is 6.42 Å². The number of carbonyl (C=O) groups excluding carboxylic acids is 1. The lowest BCUT2D eigenvalue weighted by molar-refractivity contribution is -0.123. The summed E-state index contributed by atoms with van der Waals surface area (Å²) in [4.78, 5) is 12.5. The topological polar surface area (TPSA) is 69.6 Å². The fourth-order valence-corrected chi connectivity index (χ4v) is 9.42. The summed E-state index contributed by atoms with van der Waals surface area (Å²) in [5.74, 6) is -0.0625. The van der Waals surface area contributed by atoms with Gasteiger partial charge in [0, 0.05) is 6.42 Å². The molecular formula is C63H119NO3. The second kappa shape index (κ2) is 58.7. The minimum atomic E-state index is -0.842. The molecule has 0 aliphatic carbocycles. The van der Waals surface area contributed by atoms with Crippen LogP contribution in [0, 0.1) is 0 Å². The average molecular weight is 939 g/mol. The van der Waals surface area contributed by atoms with Gasteiger partial charge in [0.05, 0.1) is 18.8 Å². The zero-order valence-corrected chi connectivity index (χ0v) is 45.4. The molecule has 0 saturated carbocycles. The van der Waals surface area contributed by atoms with E-state index in [1.165, 1.54) is 270 Å². The van der Waals surface area contributed by atoms with Crippen molar-refractivity contribution in [3.8, 4) is 0 Å². The molecule has 0 aromatic rings. The molecule has 1 amide bonds. The predicted octanol–water partition coefficient (Wildman–Crippen LogP) is 20.2. The van der Waals surface area contributed by atoms with Gasteiger partial charge in [-0.15, -0.1) is 0 Å². The van der Waals surface area contributed by atoms with Gasteiger partial charge in [-0.2, -0.15) is 0 Å². The number of hydrogen-bond acceptors (Lipinski definition) is 3. The van der Waals surface area contributed by atoms with Gasteiger partial charge in [0.1, 0.15) is 0 Å². The third-order valence-corrected chi connectivity index (χ3v) is 14.1. The molecule has 0 aliphatic heterocycles. The van der Waals surface area contributed by atoms with Gasteiger partial charge in [0.2, 0.25) is 5.91 Å². The van der Waals surface area contributed by atoms with Crippen LogP contribution >= 0.6 is 0 Å². The van der Waals surface area contributed by atoms with Crippen LogP contribution in [0.5, 0.6) is 0 Å². The van der Waals surface area contributed by atoms with Gasteiger partial charge in [-0.1, -0.05) is 313 Å². The molecule has 4 nitrogen and oxygen atoms in total. The third kappa shape index (κ3) is 55.2. The second-order valence-corrected chi connectivity index (χ2v) is 20.8. The van der Waals surface area contributed by atoms with Crippen molar-refractivity contribution in [2.24, 2.45) is 0 Å². The molecule has 0 bridgehead atoms. The first-order valence-electron chi connectivity index (χ1n) is 30.4. The van der Waals surface area contributed by atoms with Crippen LogP contribution in [-0.4, -0.2) is 34.9 Å². The van der Waals surface area contributed by atoms with Crippen molar-refractivity contribution < 1.29 is 15.0 Å². The molecule has 0 fully saturated rings. The summed E-state index contributed by atoms with van der Waals surface area (Å²) in [5, 5.41) is 23.2. The van der Waals surface area contributed by atoms with Gasteiger partial charge in [0.15, 0.2) is 0 Å². The SMILES string of the molecule is CCCCCCC/C=C\C/C=C\C/C=C\CCCCCCCCCCCCCCC(=O)NC(CO)C(O)/C=C/CCCCCCCCCCCCCCCCCCCCCCCCCCCC. The Morgan fingerprint density at radius 3 is 0.910 bits per heavy atom. The first-order valence-corrected chi connectivity index (χ1v) is 30.4. The normalized spacial score (nSPS) is 13.1. The molecule has 2 atom stereocenters. The third-order valence-electron chi connectivity index (χ3n) is 14.1. The van der Waals surface area contributed by atoms with E-state index >= 15 is 0 Å². The van der Waals surface area contributed by atoms with Gasteiger partial charge < -0.3 is 15.5 Å². The van der Waals surface area contributed by atoms with Crippen LogP contribution in [0.1, 0.15) is 328 Å². The Balaban J connectivity index is 3.48. The molecule has 394 valence electrons. The minimum Gasteiger partial charge on any atom is -0.394 e. The number of hydrogen-bond donors (Lipinski definition) is 3. The molecule has 4 heteroatoms. The zero-order valence-electron chi connectivity index (χ0n) is 45.4. The lowest BCUT2D eigenvalue weighted by Crippen LogP contribution is -2.45. The number of aliphatic hydroxyl groups is 2. The number of carbonyl (C=O) groups is 1. The van der Waals surface area contributed by atoms with Gasteiger partial charge in [0.25, 0.3) is 0 Å². The van der Waals surface area contributed by atoms with Crippen LogP contribution in [0.3, 0.4) is 0 Å². The first-order chi connectivity index (χ1) is 33.2. The van der Waals surface area contributed by atoms with Crippen molar-refractivity contribution >= 4 is 5.91 Å². The van der Waals surface area contributed by atoms with E-state index < -0.39 is 12.1 Å². The van der Waals surface area contributed by atoms with Crippen molar-refractivity contribution in [3.05, 3.63) is 48.6 Å². The standard InChI is InChI=1S/C63H119NO3/c1-3-5-7-9-11-13-15-17-19-21-23-25-27-29-31-33-34-36-38-40-42-44-46-48-50-52-54-56-58-62(66)61(60-65)64-63(67)59-57-55-53-51-49-47-45-43-41-39-37-35-32-30-28-26-24-22-20-18-16-14-12-10-8-6-4-2/h16,18,22,24,28,30,56,58,61-62,65-66H,3-15,17,19-21,23,25-27,29,31-55,57,59-60H2,1-2H3,(H,64,67)/b18-16-,24-22-,30-28-,58-56+. The van der Waals surface area contributed by atoms with Crippen LogP contribution in [0.25, 0.3) is 0 Å². The largest absolute Gasteiger partial charge is 0.394 e. The second-order valence-electron chi connectivity index (χ2n) is 20.8. The Hall–Kier alpha value is -1.65. The van der Waals surface area contributed by atoms with Crippen molar-refractivity contribution in [2.75, 3.05) is 6.61 Å². The zero-order chi connectivity index (χ0) is 48.5. The van der Waals surface area contributed by atoms with Crippen molar-refractivity contribution in [3.63, 3.8) is 0 Å². The predicted molar refractivity (Wildman–Crippen MR) is 299 cm³/mol. The van der Waals surface area contributed by atoms with Gasteiger partial charge in [-0.25, -0.2) is 0 Å². The summed E-state index contributed by atoms with van der Waals surface area (Å²) >= 11 is 0. The van der Waals surface area contributed by atoms with E-state index in [0.717, 1.165) is 38.5 Å². The van der Waals surface area contributed by atoms with Gasteiger partial charge >= 0.3 is 0 Å². The molecular weight excluding hydrogens is 819 g/mol. The molecule has 67 heavy (non-hydrogen) atoms. The number of aliphatic hydroxyl groups excluding tert-OH is 2. The maximum absolute atomic E-state index is 12.5. The van der Waals surface area contributed by atoms with Crippen LogP contribution < -0.4 is 5.32 Å². The first kappa shape index (κ1) is 65.3. The Morgan fingerprint density at radius 2 is 0.612 bits per heavy atom. The van der Waals surface area contributed by atoms with E-state index in [1.807, 2.05) is 6.08 Å². The smallest absolute Gasteiger partial charge is 0.220 e. The Morgan fingerprint density at radius 1 is 0.358 bits per heavy atom. The van der Waals surface area contributed by atoms with Gasteiger partial charge in [-0.05, 0) is 57.8 Å². The summed E-state index contributed by atoms with van der Waals surface area (Å²) in [6.07, 6.45) is 81.5. The maximum atomic E-state index is 12.5. The van der Waals surface area contributed by atoms with E-state index in [1.54, 1.807) is 6.08 Å². The molecule has 2 unspecified atom stereocenters. The lowest BCUT2D eigenvalue weighted by Gasteiger charge is -2.20. The highest BCUT2D eigenvalue weighted by atomic mass is 16.3. The lowest BCUT2D eigenvalue weighted by atomic mass is 10.0. The Kier molecular flexibility index (Phi) is 57.2. The van der Waals surface area contributed by atoms with Crippen LogP contribution in [0.15, 0.2) is 48.6 Å². The average Bonchev–Trinajstić information content (AvgIpc) is 3.33. The number of rotatable bonds is 56. The highest BCUT2D eigenvalue weighted by Gasteiger charge is 2.18. The van der Waals surface area contributed by atoms with Crippen molar-refractivity contribution in [1.82, 2.24) is 5.32 Å². The minimum absolute atomic E-state index is 0.0625. The summed E-state index contributed by atoms with van der Waals surface area (Å²) in [6.45, 7) is 4.33.